The second kappa shape index (κ2) is 9.61. The number of fused-ring (bicyclic) bond motifs is 3. The highest BCUT2D eigenvalue weighted by molar-refractivity contribution is 9.10. The van der Waals surface area contributed by atoms with Crippen LogP contribution in [0.3, 0.4) is 0 Å². The Hall–Kier alpha value is -2.09. The van der Waals surface area contributed by atoms with Crippen molar-refractivity contribution in [1.29, 1.82) is 5.41 Å². The van der Waals surface area contributed by atoms with Gasteiger partial charge in [0.15, 0.2) is 0 Å². The fraction of sp³-hybridized carbons (Fsp3) is 0.429. The Bertz CT molecular complexity index is 899. The van der Waals surface area contributed by atoms with Crippen molar-refractivity contribution < 1.29 is 23.1 Å². The van der Waals surface area contributed by atoms with Gasteiger partial charge in [-0.25, -0.2) is 4.79 Å². The second-order valence-electron chi connectivity index (χ2n) is 7.05. The van der Waals surface area contributed by atoms with Crippen LogP contribution in [0.5, 0.6) is 0 Å². The molecule has 0 radical (unpaired) electrons. The Morgan fingerprint density at radius 3 is 2.48 bits per heavy atom. The van der Waals surface area contributed by atoms with Crippen molar-refractivity contribution in [3.63, 3.8) is 0 Å². The molecule has 1 aliphatic heterocycles. The van der Waals surface area contributed by atoms with E-state index in [1.165, 1.54) is 34.9 Å². The number of amidine groups is 1. The zero-order valence-corrected chi connectivity index (χ0v) is 17.9. The van der Waals surface area contributed by atoms with Gasteiger partial charge >= 0.3 is 12.1 Å². The Balaban J connectivity index is 0.000000370. The molecule has 0 saturated carbocycles. The lowest BCUT2D eigenvalue weighted by Crippen LogP contribution is -2.28. The Labute approximate surface area is 176 Å². The van der Waals surface area contributed by atoms with Gasteiger partial charge in [0, 0.05) is 29.0 Å². The van der Waals surface area contributed by atoms with Crippen molar-refractivity contribution in [3.05, 3.63) is 40.4 Å². The third kappa shape index (κ3) is 5.50. The van der Waals surface area contributed by atoms with Gasteiger partial charge in [-0.2, -0.15) is 13.2 Å². The minimum atomic E-state index is -5.08. The number of anilines is 1. The Morgan fingerprint density at radius 2 is 1.90 bits per heavy atom. The molecule has 0 saturated heterocycles. The summed E-state index contributed by atoms with van der Waals surface area (Å²) in [5, 5.41) is 18.2. The van der Waals surface area contributed by atoms with Gasteiger partial charge in [-0.05, 0) is 34.9 Å². The smallest absolute Gasteiger partial charge is 0.475 e. The van der Waals surface area contributed by atoms with Crippen molar-refractivity contribution in [3.8, 4) is 0 Å². The number of carbonyl (C=O) groups is 1. The molecule has 2 N–H and O–H groups in total. The van der Waals surface area contributed by atoms with Crippen LogP contribution in [-0.2, 0) is 4.79 Å². The van der Waals surface area contributed by atoms with Crippen LogP contribution in [0.4, 0.5) is 18.9 Å². The van der Waals surface area contributed by atoms with Gasteiger partial charge in [-0.1, -0.05) is 60.8 Å². The molecule has 0 aliphatic carbocycles. The predicted molar refractivity (Wildman–Crippen MR) is 113 cm³/mol. The van der Waals surface area contributed by atoms with E-state index in [2.05, 4.69) is 65.0 Å². The first-order chi connectivity index (χ1) is 13.6. The molecule has 3 rings (SSSR count). The summed E-state index contributed by atoms with van der Waals surface area (Å²) >= 11 is 3.66. The fourth-order valence-electron chi connectivity index (χ4n) is 3.48. The first-order valence-corrected chi connectivity index (χ1v) is 10.2. The quantitative estimate of drug-likeness (QED) is 0.295. The van der Waals surface area contributed by atoms with E-state index in [1.807, 2.05) is 0 Å². The Morgan fingerprint density at radius 1 is 1.24 bits per heavy atom. The van der Waals surface area contributed by atoms with E-state index in [0.717, 1.165) is 29.7 Å². The van der Waals surface area contributed by atoms with E-state index in [4.69, 9.17) is 15.3 Å². The lowest BCUT2D eigenvalue weighted by Gasteiger charge is -2.20. The van der Waals surface area contributed by atoms with Crippen molar-refractivity contribution in [2.24, 2.45) is 0 Å². The molecule has 8 heteroatoms. The van der Waals surface area contributed by atoms with Gasteiger partial charge < -0.3 is 10.0 Å². The first kappa shape index (κ1) is 23.2. The SMILES string of the molecule is CCCCCC(=N)N1CC(C)c2c1ccc1c(Br)cccc21.O=C(O)C(F)(F)F. The molecule has 1 atom stereocenters. The molecule has 2 aromatic carbocycles. The fourth-order valence-corrected chi connectivity index (χ4v) is 3.98. The van der Waals surface area contributed by atoms with Crippen LogP contribution < -0.4 is 4.90 Å². The number of carboxylic acid groups (broad SMARTS) is 1. The number of benzene rings is 2. The van der Waals surface area contributed by atoms with Crippen LogP contribution >= 0.6 is 15.9 Å². The van der Waals surface area contributed by atoms with Gasteiger partial charge in [-0.3, -0.25) is 5.41 Å². The molecular formula is C21H24BrF3N2O2. The molecular weight excluding hydrogens is 449 g/mol. The molecule has 158 valence electrons. The largest absolute Gasteiger partial charge is 0.490 e. The van der Waals surface area contributed by atoms with E-state index < -0.39 is 12.1 Å². The number of carboxylic acids is 1. The summed E-state index contributed by atoms with van der Waals surface area (Å²) in [6, 6.07) is 10.8. The van der Waals surface area contributed by atoms with Crippen LogP contribution in [-0.4, -0.2) is 29.6 Å². The van der Waals surface area contributed by atoms with Crippen molar-refractivity contribution in [2.45, 2.75) is 51.6 Å². The maximum atomic E-state index is 10.6. The number of nitrogens with zero attached hydrogens (tertiary/aromatic N) is 1. The molecule has 0 fully saturated rings. The minimum absolute atomic E-state index is 0.472. The number of unbranched alkanes of at least 4 members (excludes halogenated alkanes) is 2. The van der Waals surface area contributed by atoms with Crippen LogP contribution in [0.25, 0.3) is 10.8 Å². The normalized spacial score (nSPS) is 15.7. The highest BCUT2D eigenvalue weighted by atomic mass is 79.9. The van der Waals surface area contributed by atoms with Crippen LogP contribution in [0.1, 0.15) is 51.0 Å². The molecule has 1 heterocycles. The number of alkyl halides is 3. The van der Waals surface area contributed by atoms with E-state index in [9.17, 15) is 13.2 Å². The summed E-state index contributed by atoms with van der Waals surface area (Å²) < 4.78 is 32.9. The third-order valence-electron chi connectivity index (χ3n) is 4.85. The molecule has 0 amide bonds. The minimum Gasteiger partial charge on any atom is -0.475 e. The molecule has 2 aromatic rings. The third-order valence-corrected chi connectivity index (χ3v) is 5.54. The van der Waals surface area contributed by atoms with Gasteiger partial charge in [0.25, 0.3) is 0 Å². The van der Waals surface area contributed by atoms with Crippen molar-refractivity contribution >= 4 is 44.2 Å². The van der Waals surface area contributed by atoms with Crippen LogP contribution in [0.2, 0.25) is 0 Å². The predicted octanol–water partition coefficient (Wildman–Crippen LogP) is 6.72. The lowest BCUT2D eigenvalue weighted by molar-refractivity contribution is -0.192. The molecule has 1 aliphatic rings. The maximum Gasteiger partial charge on any atom is 0.490 e. The maximum absolute atomic E-state index is 10.6. The zero-order valence-electron chi connectivity index (χ0n) is 16.3. The second-order valence-corrected chi connectivity index (χ2v) is 7.91. The number of aliphatic carboxylic acids is 1. The molecule has 0 bridgehead atoms. The number of nitrogens with one attached hydrogen (secondary N) is 1. The van der Waals surface area contributed by atoms with Gasteiger partial charge in [0.1, 0.15) is 5.84 Å². The summed E-state index contributed by atoms with van der Waals surface area (Å²) in [7, 11) is 0. The van der Waals surface area contributed by atoms with Crippen LogP contribution in [0.15, 0.2) is 34.8 Å². The van der Waals surface area contributed by atoms with Crippen LogP contribution in [0, 0.1) is 5.41 Å². The molecule has 0 aromatic heterocycles. The Kier molecular flexibility index (Phi) is 7.68. The van der Waals surface area contributed by atoms with Gasteiger partial charge in [0.2, 0.25) is 0 Å². The number of rotatable bonds is 4. The number of hydrogen-bond acceptors (Lipinski definition) is 2. The summed E-state index contributed by atoms with van der Waals surface area (Å²) in [5.74, 6) is -1.51. The summed E-state index contributed by atoms with van der Waals surface area (Å²) in [5.41, 5.74) is 2.64. The van der Waals surface area contributed by atoms with Crippen molar-refractivity contribution in [1.82, 2.24) is 0 Å². The van der Waals surface area contributed by atoms with E-state index in [-0.39, 0.29) is 0 Å². The molecule has 29 heavy (non-hydrogen) atoms. The van der Waals surface area contributed by atoms with Gasteiger partial charge in [0.05, 0.1) is 0 Å². The van der Waals surface area contributed by atoms with E-state index in [0.29, 0.717) is 5.92 Å². The summed E-state index contributed by atoms with van der Waals surface area (Å²) in [4.78, 5) is 11.1. The first-order valence-electron chi connectivity index (χ1n) is 9.44. The standard InChI is InChI=1S/C19H23BrN2.C2HF3O2/c1-3-4-5-9-18(21)22-12-13(2)19-15-7-6-8-16(20)14(15)10-11-17(19)22;3-2(4,5)1(6)7/h6-8,10-11,13,21H,3-5,9,12H2,1-2H3;(H,6,7). The number of halogens is 4. The highest BCUT2D eigenvalue weighted by Crippen LogP contribution is 2.42. The molecule has 0 spiro atoms. The average molecular weight is 473 g/mol. The molecule has 1 unspecified atom stereocenters. The van der Waals surface area contributed by atoms with Crippen molar-refractivity contribution in [2.75, 3.05) is 11.4 Å². The summed E-state index contributed by atoms with van der Waals surface area (Å²) in [6.07, 6.45) is -0.659. The topological polar surface area (TPSA) is 64.4 Å². The van der Waals surface area contributed by atoms with Gasteiger partial charge in [-0.15, -0.1) is 0 Å². The van der Waals surface area contributed by atoms with E-state index >= 15 is 0 Å². The highest BCUT2D eigenvalue weighted by Gasteiger charge is 2.38. The molecule has 4 nitrogen and oxygen atoms in total. The number of hydrogen-bond donors (Lipinski definition) is 2. The average Bonchev–Trinajstić information content (AvgIpc) is 2.99. The lowest BCUT2D eigenvalue weighted by atomic mass is 9.96. The monoisotopic (exact) mass is 472 g/mol. The van der Waals surface area contributed by atoms with E-state index in [1.54, 1.807) is 0 Å². The zero-order chi connectivity index (χ0) is 21.8. The summed E-state index contributed by atoms with van der Waals surface area (Å²) in [6.45, 7) is 5.42.